The number of unbranched alkanes of at least 4 members (excludes halogenated alkanes) is 17. The standard InChI is InChI=1S/C65H104O12/c1-4-7-10-13-16-19-22-24-26-28-29-31-33-35-38-41-44-47-50-53-59(68)76-63-61(70)60(69)62(64(71)72)77-65(63)74-55-56(75-58(67)52-49-46-43-40-36-21-18-15-12-9-6-3)54-73-57(66)51-48-45-42-39-37-34-32-30-27-25-23-20-17-14-11-8-5-2/h8,11,15-20,24-27,29,31-32,34,39,42,56,60-63,65,69-70H,4-7,9-10,12-14,21-23,28,30,33,35-38,40-41,43-55H2,1-3H3,(H,71,72)/b11-8-,18-15-,19-16-,20-17-,26-24-,27-25-,31-29-,34-32-,42-39-. The van der Waals surface area contributed by atoms with Crippen LogP contribution in [0.3, 0.4) is 0 Å². The van der Waals surface area contributed by atoms with Gasteiger partial charge >= 0.3 is 23.9 Å². The van der Waals surface area contributed by atoms with Crippen molar-refractivity contribution in [2.45, 2.75) is 263 Å². The van der Waals surface area contributed by atoms with E-state index in [4.69, 9.17) is 23.7 Å². The molecule has 3 N–H and O–H groups in total. The molecule has 6 unspecified atom stereocenters. The second-order valence-electron chi connectivity index (χ2n) is 19.9. The molecule has 6 atom stereocenters. The first kappa shape index (κ1) is 70.4. The molecule has 1 fully saturated rings. The number of esters is 3. The number of rotatable bonds is 49. The number of hydrogen-bond donors (Lipinski definition) is 3. The Labute approximate surface area is 465 Å². The van der Waals surface area contributed by atoms with Crippen LogP contribution >= 0.6 is 0 Å². The smallest absolute Gasteiger partial charge is 0.335 e. The van der Waals surface area contributed by atoms with E-state index in [0.717, 1.165) is 128 Å². The van der Waals surface area contributed by atoms with Gasteiger partial charge in [-0.05, 0) is 116 Å². The Balaban J connectivity index is 2.71. The van der Waals surface area contributed by atoms with Crippen LogP contribution in [-0.2, 0) is 42.9 Å². The average molecular weight is 1080 g/mol. The Morgan fingerprint density at radius 2 is 0.844 bits per heavy atom. The zero-order chi connectivity index (χ0) is 56.1. The molecular weight excluding hydrogens is 973 g/mol. The predicted molar refractivity (Wildman–Crippen MR) is 312 cm³/mol. The molecule has 0 bridgehead atoms. The molecule has 77 heavy (non-hydrogen) atoms. The van der Waals surface area contributed by atoms with E-state index in [0.29, 0.717) is 25.7 Å². The highest BCUT2D eigenvalue weighted by Crippen LogP contribution is 2.26. The van der Waals surface area contributed by atoms with Gasteiger partial charge < -0.3 is 39.0 Å². The predicted octanol–water partition coefficient (Wildman–Crippen LogP) is 15.4. The number of hydrogen-bond acceptors (Lipinski definition) is 11. The lowest BCUT2D eigenvalue weighted by molar-refractivity contribution is -0.301. The topological polar surface area (TPSA) is 175 Å². The molecule has 0 amide bonds. The maximum absolute atomic E-state index is 13.1. The molecule has 12 nitrogen and oxygen atoms in total. The van der Waals surface area contributed by atoms with Crippen LogP contribution in [0.25, 0.3) is 0 Å². The van der Waals surface area contributed by atoms with Crippen LogP contribution in [0.15, 0.2) is 109 Å². The number of carbonyl (C=O) groups is 4. The van der Waals surface area contributed by atoms with Gasteiger partial charge in [0.05, 0.1) is 6.61 Å². The molecule has 0 aliphatic carbocycles. The molecular formula is C65H104O12. The molecule has 12 heteroatoms. The van der Waals surface area contributed by atoms with Crippen molar-refractivity contribution in [2.24, 2.45) is 0 Å². The molecule has 1 rings (SSSR count). The highest BCUT2D eigenvalue weighted by molar-refractivity contribution is 5.74. The third-order valence-corrected chi connectivity index (χ3v) is 12.8. The zero-order valence-corrected chi connectivity index (χ0v) is 47.9. The fourth-order valence-electron chi connectivity index (χ4n) is 8.21. The summed E-state index contributed by atoms with van der Waals surface area (Å²) < 4.78 is 28.3. The molecule has 1 heterocycles. The molecule has 0 aromatic rings. The van der Waals surface area contributed by atoms with E-state index >= 15 is 0 Å². The van der Waals surface area contributed by atoms with Gasteiger partial charge in [0.1, 0.15) is 18.8 Å². The van der Waals surface area contributed by atoms with E-state index in [-0.39, 0.29) is 25.9 Å². The average Bonchev–Trinajstić information content (AvgIpc) is 3.41. The van der Waals surface area contributed by atoms with Gasteiger partial charge in [0.2, 0.25) is 0 Å². The molecule has 1 aliphatic rings. The van der Waals surface area contributed by atoms with Crippen molar-refractivity contribution >= 4 is 23.9 Å². The Morgan fingerprint density at radius 3 is 1.34 bits per heavy atom. The van der Waals surface area contributed by atoms with Gasteiger partial charge in [0.15, 0.2) is 24.6 Å². The summed E-state index contributed by atoms with van der Waals surface area (Å²) >= 11 is 0. The van der Waals surface area contributed by atoms with Crippen LogP contribution in [0.5, 0.6) is 0 Å². The van der Waals surface area contributed by atoms with E-state index in [2.05, 4.69) is 124 Å². The minimum Gasteiger partial charge on any atom is -0.479 e. The molecule has 0 spiro atoms. The largest absolute Gasteiger partial charge is 0.479 e. The second-order valence-corrected chi connectivity index (χ2v) is 19.9. The Hall–Kier alpha value is -4.62. The number of aliphatic hydroxyl groups excluding tert-OH is 2. The summed E-state index contributed by atoms with van der Waals surface area (Å²) in [5, 5.41) is 31.5. The van der Waals surface area contributed by atoms with Crippen molar-refractivity contribution in [1.29, 1.82) is 0 Å². The number of carbonyl (C=O) groups excluding carboxylic acids is 3. The van der Waals surface area contributed by atoms with Crippen molar-refractivity contribution in [3.63, 3.8) is 0 Å². The number of allylic oxidation sites excluding steroid dienone is 18. The van der Waals surface area contributed by atoms with Crippen molar-refractivity contribution in [2.75, 3.05) is 13.2 Å². The fraction of sp³-hybridized carbons (Fsp3) is 0.662. The van der Waals surface area contributed by atoms with Gasteiger partial charge in [-0.1, -0.05) is 201 Å². The van der Waals surface area contributed by atoms with Crippen molar-refractivity contribution < 1.29 is 58.2 Å². The molecule has 0 radical (unpaired) electrons. The van der Waals surface area contributed by atoms with E-state index in [1.807, 2.05) is 6.08 Å². The number of aliphatic hydroxyl groups is 2. The van der Waals surface area contributed by atoms with Crippen molar-refractivity contribution in [3.8, 4) is 0 Å². The lowest BCUT2D eigenvalue weighted by Crippen LogP contribution is -2.61. The van der Waals surface area contributed by atoms with Crippen molar-refractivity contribution in [3.05, 3.63) is 109 Å². The molecule has 0 aromatic heterocycles. The van der Waals surface area contributed by atoms with Gasteiger partial charge in [0, 0.05) is 19.3 Å². The summed E-state index contributed by atoms with van der Waals surface area (Å²) in [5.74, 6) is -3.24. The SMILES string of the molecule is CC/C=C\C/C=C\C/C=C\C/C=C\C/C=C\CCCC(=O)OCC(COC1OC(C(=O)O)C(O)C(O)C1OC(=O)CCCCCCCC/C=C\C/C=C\C/C=C\CCCCC)OC(=O)CCCCCCC/C=C\CCCC. The lowest BCUT2D eigenvalue weighted by atomic mass is 9.98. The highest BCUT2D eigenvalue weighted by Gasteiger charge is 2.50. The first-order valence-corrected chi connectivity index (χ1v) is 29.9. The van der Waals surface area contributed by atoms with Crippen LogP contribution < -0.4 is 0 Å². The Morgan fingerprint density at radius 1 is 0.442 bits per heavy atom. The quantitative estimate of drug-likeness (QED) is 0.0228. The number of aliphatic carboxylic acids is 1. The van der Waals surface area contributed by atoms with Crippen LogP contribution in [-0.4, -0.2) is 89.2 Å². The molecule has 0 saturated carbocycles. The highest BCUT2D eigenvalue weighted by atomic mass is 16.7. The summed E-state index contributed by atoms with van der Waals surface area (Å²) in [4.78, 5) is 51.1. The minimum absolute atomic E-state index is 0.0344. The summed E-state index contributed by atoms with van der Waals surface area (Å²) in [5.41, 5.74) is 0. The molecule has 436 valence electrons. The number of carboxylic acid groups (broad SMARTS) is 1. The third kappa shape index (κ3) is 42.1. The Kier molecular flexibility index (Phi) is 47.6. The number of carboxylic acids is 1. The second kappa shape index (κ2) is 52.1. The number of ether oxygens (including phenoxy) is 5. The lowest BCUT2D eigenvalue weighted by Gasteiger charge is -2.40. The van der Waals surface area contributed by atoms with Gasteiger partial charge in [-0.15, -0.1) is 0 Å². The minimum atomic E-state index is -1.92. The zero-order valence-electron chi connectivity index (χ0n) is 47.9. The van der Waals surface area contributed by atoms with Gasteiger partial charge in [0.25, 0.3) is 0 Å². The van der Waals surface area contributed by atoms with Crippen LogP contribution in [0.1, 0.15) is 226 Å². The first-order valence-electron chi connectivity index (χ1n) is 29.9. The summed E-state index contributed by atoms with van der Waals surface area (Å²) in [7, 11) is 0. The summed E-state index contributed by atoms with van der Waals surface area (Å²) in [6.07, 6.45) is 57.8. The van der Waals surface area contributed by atoms with Crippen molar-refractivity contribution in [1.82, 2.24) is 0 Å². The third-order valence-electron chi connectivity index (χ3n) is 12.8. The maximum atomic E-state index is 13.1. The maximum Gasteiger partial charge on any atom is 0.335 e. The molecule has 0 aromatic carbocycles. The van der Waals surface area contributed by atoms with Gasteiger partial charge in [-0.3, -0.25) is 14.4 Å². The van der Waals surface area contributed by atoms with E-state index < -0.39 is 67.3 Å². The van der Waals surface area contributed by atoms with Crippen LogP contribution in [0.4, 0.5) is 0 Å². The molecule has 1 saturated heterocycles. The monoisotopic (exact) mass is 1080 g/mol. The summed E-state index contributed by atoms with van der Waals surface area (Å²) in [6.45, 7) is 5.74. The Bertz CT molecular complexity index is 1750. The van der Waals surface area contributed by atoms with E-state index in [9.17, 15) is 34.5 Å². The molecule has 1 aliphatic heterocycles. The fourth-order valence-corrected chi connectivity index (χ4v) is 8.21. The van der Waals surface area contributed by atoms with Gasteiger partial charge in [-0.2, -0.15) is 0 Å². The van der Waals surface area contributed by atoms with Crippen LogP contribution in [0, 0.1) is 0 Å². The van der Waals surface area contributed by atoms with E-state index in [1.165, 1.54) is 32.1 Å². The van der Waals surface area contributed by atoms with E-state index in [1.54, 1.807) is 0 Å². The first-order chi connectivity index (χ1) is 37.6. The normalized spacial score (nSPS) is 18.8. The van der Waals surface area contributed by atoms with Crippen LogP contribution in [0.2, 0.25) is 0 Å². The van der Waals surface area contributed by atoms with Gasteiger partial charge in [-0.25, -0.2) is 4.79 Å². The summed E-state index contributed by atoms with van der Waals surface area (Å²) in [6, 6.07) is 0.